The van der Waals surface area contributed by atoms with Crippen LogP contribution in [0.2, 0.25) is 5.02 Å². The van der Waals surface area contributed by atoms with E-state index in [9.17, 15) is 4.79 Å². The summed E-state index contributed by atoms with van der Waals surface area (Å²) < 4.78 is 1.69. The van der Waals surface area contributed by atoms with Gasteiger partial charge in [0.1, 0.15) is 0 Å². The van der Waals surface area contributed by atoms with E-state index in [-0.39, 0.29) is 5.56 Å². The fraction of sp³-hybridized carbons (Fsp3) is 0.273. The summed E-state index contributed by atoms with van der Waals surface area (Å²) in [7, 11) is 0. The maximum Gasteiger partial charge on any atom is 0.262 e. The molecule has 0 spiro atoms. The van der Waals surface area contributed by atoms with Crippen molar-refractivity contribution in [3.63, 3.8) is 0 Å². The Bertz CT molecular complexity index is 587. The Labute approximate surface area is 91.3 Å². The van der Waals surface area contributed by atoms with Crippen molar-refractivity contribution in [3.8, 4) is 0 Å². The van der Waals surface area contributed by atoms with Crippen molar-refractivity contribution in [1.82, 2.24) is 9.55 Å². The lowest BCUT2D eigenvalue weighted by atomic mass is 10.2. The van der Waals surface area contributed by atoms with Crippen LogP contribution in [0.3, 0.4) is 0 Å². The van der Waals surface area contributed by atoms with Gasteiger partial charge in [-0.1, -0.05) is 17.7 Å². The van der Waals surface area contributed by atoms with E-state index in [1.165, 1.54) is 0 Å². The largest absolute Gasteiger partial charge is 0.296 e. The van der Waals surface area contributed by atoms with E-state index in [1.54, 1.807) is 29.1 Å². The SMILES string of the molecule is O=c1c2c(Cl)cccc2ncn1C1CC1. The van der Waals surface area contributed by atoms with Gasteiger partial charge in [-0.3, -0.25) is 9.36 Å². The van der Waals surface area contributed by atoms with Crippen molar-refractivity contribution in [3.05, 3.63) is 39.9 Å². The van der Waals surface area contributed by atoms with Crippen molar-refractivity contribution in [1.29, 1.82) is 0 Å². The highest BCUT2D eigenvalue weighted by atomic mass is 35.5. The van der Waals surface area contributed by atoms with Gasteiger partial charge in [-0.05, 0) is 25.0 Å². The number of aromatic nitrogens is 2. The molecule has 0 atom stereocenters. The summed E-state index contributed by atoms with van der Waals surface area (Å²) in [5.74, 6) is 0. The molecular formula is C11H9ClN2O. The summed E-state index contributed by atoms with van der Waals surface area (Å²) >= 11 is 6.01. The first-order valence-electron chi connectivity index (χ1n) is 4.93. The van der Waals surface area contributed by atoms with Gasteiger partial charge in [0, 0.05) is 6.04 Å². The summed E-state index contributed by atoms with van der Waals surface area (Å²) in [6.45, 7) is 0. The highest BCUT2D eigenvalue weighted by molar-refractivity contribution is 6.35. The monoisotopic (exact) mass is 220 g/mol. The Kier molecular flexibility index (Phi) is 1.83. The standard InChI is InChI=1S/C11H9ClN2O/c12-8-2-1-3-9-10(8)11(15)14(6-13-9)7-4-5-7/h1-3,6-7H,4-5H2. The molecule has 0 saturated heterocycles. The Morgan fingerprint density at radius 1 is 1.40 bits per heavy atom. The molecule has 0 N–H and O–H groups in total. The van der Waals surface area contributed by atoms with Gasteiger partial charge in [-0.15, -0.1) is 0 Å². The molecule has 15 heavy (non-hydrogen) atoms. The van der Waals surface area contributed by atoms with E-state index >= 15 is 0 Å². The lowest BCUT2D eigenvalue weighted by Crippen LogP contribution is -2.19. The molecule has 3 rings (SSSR count). The third-order valence-electron chi connectivity index (χ3n) is 2.70. The number of fused-ring (bicyclic) bond motifs is 1. The maximum atomic E-state index is 12.1. The average Bonchev–Trinajstić information content (AvgIpc) is 3.02. The Morgan fingerprint density at radius 2 is 2.20 bits per heavy atom. The van der Waals surface area contributed by atoms with Gasteiger partial charge in [0.05, 0.1) is 22.3 Å². The third kappa shape index (κ3) is 1.35. The van der Waals surface area contributed by atoms with Crippen LogP contribution in [-0.4, -0.2) is 9.55 Å². The van der Waals surface area contributed by atoms with Gasteiger partial charge in [0.15, 0.2) is 0 Å². The van der Waals surface area contributed by atoms with Crippen LogP contribution in [0, 0.1) is 0 Å². The fourth-order valence-corrected chi connectivity index (χ4v) is 2.00. The van der Waals surface area contributed by atoms with Crippen molar-refractivity contribution >= 4 is 22.5 Å². The second kappa shape index (κ2) is 3.07. The number of nitrogens with zero attached hydrogens (tertiary/aromatic N) is 2. The predicted molar refractivity (Wildman–Crippen MR) is 59.3 cm³/mol. The Hall–Kier alpha value is -1.35. The van der Waals surface area contributed by atoms with Gasteiger partial charge < -0.3 is 0 Å². The lowest BCUT2D eigenvalue weighted by Gasteiger charge is -2.04. The van der Waals surface area contributed by atoms with Crippen LogP contribution in [0.15, 0.2) is 29.3 Å². The molecule has 1 aliphatic rings. The lowest BCUT2D eigenvalue weighted by molar-refractivity contribution is 0.698. The van der Waals surface area contributed by atoms with Crippen molar-refractivity contribution < 1.29 is 0 Å². The molecular weight excluding hydrogens is 212 g/mol. The Balaban J connectivity index is 2.40. The van der Waals surface area contributed by atoms with Crippen LogP contribution in [0.4, 0.5) is 0 Å². The minimum atomic E-state index is -0.0203. The molecule has 4 heteroatoms. The van der Waals surface area contributed by atoms with E-state index in [0.29, 0.717) is 22.0 Å². The van der Waals surface area contributed by atoms with E-state index in [0.717, 1.165) is 12.8 Å². The molecule has 0 amide bonds. The van der Waals surface area contributed by atoms with Crippen LogP contribution in [0.5, 0.6) is 0 Å². The highest BCUT2D eigenvalue weighted by Gasteiger charge is 2.25. The molecule has 1 aromatic heterocycles. The van der Waals surface area contributed by atoms with E-state index in [4.69, 9.17) is 11.6 Å². The molecule has 1 aromatic carbocycles. The summed E-state index contributed by atoms with van der Waals surface area (Å²) in [6, 6.07) is 5.67. The third-order valence-corrected chi connectivity index (χ3v) is 3.02. The number of benzene rings is 1. The second-order valence-corrected chi connectivity index (χ2v) is 4.23. The molecule has 1 fully saturated rings. The van der Waals surface area contributed by atoms with Crippen LogP contribution < -0.4 is 5.56 Å². The zero-order chi connectivity index (χ0) is 10.4. The number of halogens is 1. The fourth-order valence-electron chi connectivity index (χ4n) is 1.75. The first-order valence-corrected chi connectivity index (χ1v) is 5.30. The minimum Gasteiger partial charge on any atom is -0.296 e. The molecule has 3 nitrogen and oxygen atoms in total. The van der Waals surface area contributed by atoms with Crippen LogP contribution in [0.25, 0.3) is 10.9 Å². The normalized spacial score (nSPS) is 15.8. The molecule has 76 valence electrons. The summed E-state index contributed by atoms with van der Waals surface area (Å²) in [5.41, 5.74) is 0.650. The first kappa shape index (κ1) is 8.92. The highest BCUT2D eigenvalue weighted by Crippen LogP contribution is 2.33. The topological polar surface area (TPSA) is 34.9 Å². The van der Waals surface area contributed by atoms with Gasteiger partial charge >= 0.3 is 0 Å². The number of hydrogen-bond donors (Lipinski definition) is 0. The average molecular weight is 221 g/mol. The maximum absolute atomic E-state index is 12.1. The van der Waals surface area contributed by atoms with E-state index in [1.807, 2.05) is 0 Å². The molecule has 1 saturated carbocycles. The van der Waals surface area contributed by atoms with Crippen LogP contribution in [0.1, 0.15) is 18.9 Å². The van der Waals surface area contributed by atoms with E-state index in [2.05, 4.69) is 4.98 Å². The number of rotatable bonds is 1. The summed E-state index contributed by atoms with van der Waals surface area (Å²) in [5, 5.41) is 1.02. The predicted octanol–water partition coefficient (Wildman–Crippen LogP) is 2.38. The first-order chi connectivity index (χ1) is 7.27. The molecule has 1 aliphatic carbocycles. The van der Waals surface area contributed by atoms with Crippen molar-refractivity contribution in [2.75, 3.05) is 0 Å². The van der Waals surface area contributed by atoms with Crippen LogP contribution in [-0.2, 0) is 0 Å². The van der Waals surface area contributed by atoms with Gasteiger partial charge in [0.25, 0.3) is 5.56 Å². The molecule has 0 bridgehead atoms. The quantitative estimate of drug-likeness (QED) is 0.740. The minimum absolute atomic E-state index is 0.0203. The smallest absolute Gasteiger partial charge is 0.262 e. The molecule has 0 aliphatic heterocycles. The second-order valence-electron chi connectivity index (χ2n) is 3.82. The molecule has 1 heterocycles. The summed E-state index contributed by atoms with van der Waals surface area (Å²) in [4.78, 5) is 16.3. The number of hydrogen-bond acceptors (Lipinski definition) is 2. The van der Waals surface area contributed by atoms with Gasteiger partial charge in [0.2, 0.25) is 0 Å². The van der Waals surface area contributed by atoms with Crippen molar-refractivity contribution in [2.45, 2.75) is 18.9 Å². The zero-order valence-corrected chi connectivity index (χ0v) is 8.74. The molecule has 0 unspecified atom stereocenters. The van der Waals surface area contributed by atoms with Crippen LogP contribution >= 0.6 is 11.6 Å². The van der Waals surface area contributed by atoms with Gasteiger partial charge in [-0.25, -0.2) is 4.98 Å². The molecule has 0 radical (unpaired) electrons. The summed E-state index contributed by atoms with van der Waals surface area (Å²) in [6.07, 6.45) is 3.76. The zero-order valence-electron chi connectivity index (χ0n) is 7.98. The van der Waals surface area contributed by atoms with Gasteiger partial charge in [-0.2, -0.15) is 0 Å². The molecule has 2 aromatic rings. The van der Waals surface area contributed by atoms with E-state index < -0.39 is 0 Å². The Morgan fingerprint density at radius 3 is 2.93 bits per heavy atom. The van der Waals surface area contributed by atoms with Crippen molar-refractivity contribution in [2.24, 2.45) is 0 Å².